The number of thiophene rings is 2. The highest BCUT2D eigenvalue weighted by Crippen LogP contribution is 2.49. The van der Waals surface area contributed by atoms with Gasteiger partial charge in [0.25, 0.3) is 0 Å². The topological polar surface area (TPSA) is 30.7 Å². The van der Waals surface area contributed by atoms with Crippen molar-refractivity contribution in [2.24, 2.45) is 0 Å². The van der Waals surface area contributed by atoms with Crippen LogP contribution in [0.3, 0.4) is 0 Å². The van der Waals surface area contributed by atoms with Crippen LogP contribution in [0.5, 0.6) is 0 Å². The van der Waals surface area contributed by atoms with Crippen LogP contribution in [0.2, 0.25) is 0 Å². The van der Waals surface area contributed by atoms with Crippen molar-refractivity contribution in [3.63, 3.8) is 0 Å². The molecule has 220 valence electrons. The minimum absolute atomic E-state index is 0.681. The van der Waals surface area contributed by atoms with Crippen molar-refractivity contribution in [2.75, 3.05) is 0 Å². The fourth-order valence-corrected chi connectivity index (χ4v) is 9.60. The molecule has 0 aliphatic heterocycles. The Bertz CT molecular complexity index is 2790. The second-order valence-corrected chi connectivity index (χ2v) is 13.9. The molecule has 0 radical (unpaired) electrons. The largest absolute Gasteiger partial charge is 0.275 e. The Morgan fingerprint density at radius 1 is 0.404 bits per heavy atom. The summed E-state index contributed by atoms with van der Waals surface area (Å²) in [5, 5.41) is 4.95. The third-order valence-electron chi connectivity index (χ3n) is 9.03. The van der Waals surface area contributed by atoms with Gasteiger partial charge in [-0.05, 0) is 34.7 Å². The van der Waals surface area contributed by atoms with Gasteiger partial charge in [0.05, 0.1) is 36.5 Å². The molecule has 5 heteroatoms. The highest BCUT2D eigenvalue weighted by Gasteiger charge is 2.24. The van der Waals surface area contributed by atoms with Gasteiger partial charge in [0.1, 0.15) is 0 Å². The molecule has 10 aromatic rings. The van der Waals surface area contributed by atoms with Gasteiger partial charge in [-0.3, -0.25) is 4.57 Å². The van der Waals surface area contributed by atoms with E-state index in [4.69, 9.17) is 9.97 Å². The highest BCUT2D eigenvalue weighted by molar-refractivity contribution is 7.37. The van der Waals surface area contributed by atoms with E-state index in [1.807, 2.05) is 22.7 Å². The van der Waals surface area contributed by atoms with Gasteiger partial charge in [0, 0.05) is 32.0 Å². The van der Waals surface area contributed by atoms with Gasteiger partial charge in [-0.15, -0.1) is 22.7 Å². The Kier molecular flexibility index (Phi) is 5.92. The summed E-state index contributed by atoms with van der Waals surface area (Å²) in [7, 11) is 0. The van der Waals surface area contributed by atoms with Crippen molar-refractivity contribution in [2.45, 2.75) is 0 Å². The van der Waals surface area contributed by atoms with Gasteiger partial charge in [-0.1, -0.05) is 133 Å². The molecule has 6 aromatic carbocycles. The van der Waals surface area contributed by atoms with Crippen molar-refractivity contribution >= 4 is 74.1 Å². The quantitative estimate of drug-likeness (QED) is 0.193. The van der Waals surface area contributed by atoms with Crippen LogP contribution in [-0.4, -0.2) is 14.5 Å². The van der Waals surface area contributed by atoms with Crippen LogP contribution in [0.1, 0.15) is 0 Å². The van der Waals surface area contributed by atoms with Gasteiger partial charge >= 0.3 is 0 Å². The summed E-state index contributed by atoms with van der Waals surface area (Å²) in [6.45, 7) is 0. The average molecular weight is 636 g/mol. The molecule has 0 unspecified atom stereocenters. The Labute approximate surface area is 278 Å². The first-order chi connectivity index (χ1) is 23.3. The number of nitrogens with zero attached hydrogens (tertiary/aromatic N) is 3. The fourth-order valence-electron chi connectivity index (χ4n) is 6.84. The summed E-state index contributed by atoms with van der Waals surface area (Å²) < 4.78 is 7.54. The van der Waals surface area contributed by atoms with E-state index < -0.39 is 0 Å². The summed E-state index contributed by atoms with van der Waals surface area (Å²) in [5.41, 5.74) is 8.59. The third kappa shape index (κ3) is 4.17. The SMILES string of the molecule is c1ccc(-c2cccc(-c3cc(-c4ccccc4)nc(-n4c5c6ccccc6ccc5c5sc6c7ccccc7sc6c54)n3)c2)cc1. The minimum Gasteiger partial charge on any atom is -0.275 e. The Morgan fingerprint density at radius 3 is 1.89 bits per heavy atom. The van der Waals surface area contributed by atoms with E-state index >= 15 is 0 Å². The van der Waals surface area contributed by atoms with E-state index in [-0.39, 0.29) is 0 Å². The first kappa shape index (κ1) is 26.6. The monoisotopic (exact) mass is 635 g/mol. The molecule has 3 nitrogen and oxygen atoms in total. The molecule has 0 aliphatic carbocycles. The van der Waals surface area contributed by atoms with Crippen molar-refractivity contribution in [3.05, 3.63) is 152 Å². The molecule has 0 N–H and O–H groups in total. The molecule has 4 heterocycles. The van der Waals surface area contributed by atoms with Crippen molar-refractivity contribution in [3.8, 4) is 39.6 Å². The van der Waals surface area contributed by atoms with Crippen LogP contribution in [0.15, 0.2) is 152 Å². The zero-order chi connectivity index (χ0) is 30.9. The Hall–Kier alpha value is -5.62. The van der Waals surface area contributed by atoms with Crippen LogP contribution in [0, 0.1) is 0 Å². The maximum Gasteiger partial charge on any atom is 0.235 e. The molecule has 0 aliphatic rings. The lowest BCUT2D eigenvalue weighted by molar-refractivity contribution is 1.00. The number of rotatable bonds is 4. The summed E-state index contributed by atoms with van der Waals surface area (Å²) >= 11 is 3.75. The smallest absolute Gasteiger partial charge is 0.235 e. The maximum absolute atomic E-state index is 5.41. The van der Waals surface area contributed by atoms with E-state index in [0.717, 1.165) is 33.6 Å². The number of fused-ring (bicyclic) bond motifs is 9. The predicted molar refractivity (Wildman–Crippen MR) is 201 cm³/mol. The maximum atomic E-state index is 5.41. The molecular weight excluding hydrogens is 611 g/mol. The fraction of sp³-hybridized carbons (Fsp3) is 0. The summed E-state index contributed by atoms with van der Waals surface area (Å²) in [4.78, 5) is 10.8. The van der Waals surface area contributed by atoms with Crippen LogP contribution in [0.4, 0.5) is 0 Å². The van der Waals surface area contributed by atoms with Crippen molar-refractivity contribution in [1.82, 2.24) is 14.5 Å². The molecule has 10 rings (SSSR count). The van der Waals surface area contributed by atoms with Gasteiger partial charge in [-0.25, -0.2) is 9.97 Å². The van der Waals surface area contributed by atoms with Gasteiger partial charge in [0.15, 0.2) is 0 Å². The Balaban J connectivity index is 1.33. The van der Waals surface area contributed by atoms with Crippen LogP contribution in [-0.2, 0) is 0 Å². The first-order valence-corrected chi connectivity index (χ1v) is 17.3. The van der Waals surface area contributed by atoms with Crippen molar-refractivity contribution in [1.29, 1.82) is 0 Å². The van der Waals surface area contributed by atoms with Crippen LogP contribution >= 0.6 is 22.7 Å². The van der Waals surface area contributed by atoms with E-state index in [2.05, 4.69) is 156 Å². The second kappa shape index (κ2) is 10.5. The van der Waals surface area contributed by atoms with Gasteiger partial charge in [0.2, 0.25) is 5.95 Å². The third-order valence-corrected chi connectivity index (χ3v) is 11.6. The normalized spacial score (nSPS) is 11.8. The molecule has 47 heavy (non-hydrogen) atoms. The van der Waals surface area contributed by atoms with Crippen LogP contribution in [0.25, 0.3) is 91.0 Å². The molecule has 0 bridgehead atoms. The molecule has 0 saturated heterocycles. The highest BCUT2D eigenvalue weighted by atomic mass is 32.1. The number of benzene rings is 6. The number of hydrogen-bond donors (Lipinski definition) is 0. The van der Waals surface area contributed by atoms with Crippen LogP contribution < -0.4 is 0 Å². The minimum atomic E-state index is 0.681. The summed E-state index contributed by atoms with van der Waals surface area (Å²) in [6.07, 6.45) is 0. The van der Waals surface area contributed by atoms with E-state index in [1.54, 1.807) is 0 Å². The molecule has 0 amide bonds. The second-order valence-electron chi connectivity index (χ2n) is 11.8. The summed E-state index contributed by atoms with van der Waals surface area (Å²) in [6, 6.07) is 53.7. The van der Waals surface area contributed by atoms with Gasteiger partial charge < -0.3 is 0 Å². The Morgan fingerprint density at radius 2 is 1.06 bits per heavy atom. The lowest BCUT2D eigenvalue weighted by atomic mass is 10.0. The number of aromatic nitrogens is 3. The predicted octanol–water partition coefficient (Wildman–Crippen LogP) is 12.2. The molecular formula is C42H25N3S2. The molecule has 0 saturated carbocycles. The lowest BCUT2D eigenvalue weighted by Gasteiger charge is -2.13. The molecule has 4 aromatic heterocycles. The summed E-state index contributed by atoms with van der Waals surface area (Å²) in [5.74, 6) is 0.681. The molecule has 0 spiro atoms. The molecule has 0 fully saturated rings. The lowest BCUT2D eigenvalue weighted by Crippen LogP contribution is -2.04. The average Bonchev–Trinajstić information content (AvgIpc) is 3.80. The zero-order valence-electron chi connectivity index (χ0n) is 25.1. The van der Waals surface area contributed by atoms with Gasteiger partial charge in [-0.2, -0.15) is 0 Å². The standard InChI is InChI=1S/C42H25N3S2/c1-3-12-26(13-4-1)29-17-11-18-30(24-29)35-25-34(28-15-5-2-6-16-28)43-42(44-35)45-37-31-19-8-7-14-27(31)22-23-33(37)39-38(45)41-40(47-39)32-20-9-10-21-36(32)46-41/h1-25H. The molecule has 0 atom stereocenters. The number of hydrogen-bond acceptors (Lipinski definition) is 4. The van der Waals surface area contributed by atoms with E-state index in [0.29, 0.717) is 5.95 Å². The van der Waals surface area contributed by atoms with E-state index in [9.17, 15) is 0 Å². The zero-order valence-corrected chi connectivity index (χ0v) is 26.7. The first-order valence-electron chi connectivity index (χ1n) is 15.7. The van der Waals surface area contributed by atoms with Crippen molar-refractivity contribution < 1.29 is 0 Å². The van der Waals surface area contributed by atoms with E-state index in [1.165, 1.54) is 51.4 Å².